The van der Waals surface area contributed by atoms with Gasteiger partial charge in [-0.05, 0) is 40.2 Å². The Bertz CT molecular complexity index is 225. The standard InChI is InChI=1S/C11H22N2O2/c1-4-15-10(14)11(2,12)7-8-13(3)9-5-6-9/h9H,4-8,12H2,1-3H3. The molecule has 1 aliphatic carbocycles. The lowest BCUT2D eigenvalue weighted by molar-refractivity contribution is -0.149. The maximum Gasteiger partial charge on any atom is 0.325 e. The second-order valence-corrected chi connectivity index (χ2v) is 4.60. The van der Waals surface area contributed by atoms with Crippen LogP contribution in [-0.2, 0) is 9.53 Å². The molecule has 15 heavy (non-hydrogen) atoms. The van der Waals surface area contributed by atoms with Crippen LogP contribution < -0.4 is 5.73 Å². The third-order valence-electron chi connectivity index (χ3n) is 2.90. The van der Waals surface area contributed by atoms with Crippen LogP contribution in [0.2, 0.25) is 0 Å². The Hall–Kier alpha value is -0.610. The number of hydrogen-bond donors (Lipinski definition) is 1. The fourth-order valence-electron chi connectivity index (χ4n) is 1.50. The van der Waals surface area contributed by atoms with Crippen molar-refractivity contribution in [3.8, 4) is 0 Å². The molecule has 0 bridgehead atoms. The van der Waals surface area contributed by atoms with Crippen molar-refractivity contribution in [2.45, 2.75) is 44.7 Å². The molecule has 0 aromatic rings. The first-order chi connectivity index (χ1) is 6.97. The molecule has 0 heterocycles. The molecular formula is C11H22N2O2. The van der Waals surface area contributed by atoms with Crippen LogP contribution >= 0.6 is 0 Å². The molecule has 1 aliphatic rings. The van der Waals surface area contributed by atoms with Crippen molar-refractivity contribution in [1.29, 1.82) is 0 Å². The second-order valence-electron chi connectivity index (χ2n) is 4.60. The first kappa shape index (κ1) is 12.5. The van der Waals surface area contributed by atoms with E-state index in [0.29, 0.717) is 19.1 Å². The average Bonchev–Trinajstić information content (AvgIpc) is 2.98. The summed E-state index contributed by atoms with van der Waals surface area (Å²) >= 11 is 0. The van der Waals surface area contributed by atoms with Crippen molar-refractivity contribution in [3.05, 3.63) is 0 Å². The summed E-state index contributed by atoms with van der Waals surface area (Å²) in [7, 11) is 2.08. The zero-order valence-electron chi connectivity index (χ0n) is 9.95. The first-order valence-electron chi connectivity index (χ1n) is 5.63. The van der Waals surface area contributed by atoms with Crippen molar-refractivity contribution in [1.82, 2.24) is 4.90 Å². The summed E-state index contributed by atoms with van der Waals surface area (Å²) in [4.78, 5) is 13.8. The summed E-state index contributed by atoms with van der Waals surface area (Å²) in [6.07, 6.45) is 3.20. The molecule has 2 N–H and O–H groups in total. The lowest BCUT2D eigenvalue weighted by Crippen LogP contribution is -2.48. The number of carbonyl (C=O) groups excluding carboxylic acids is 1. The Morgan fingerprint density at radius 3 is 2.67 bits per heavy atom. The lowest BCUT2D eigenvalue weighted by atomic mass is 9.99. The van der Waals surface area contributed by atoms with Crippen molar-refractivity contribution in [2.24, 2.45) is 5.73 Å². The highest BCUT2D eigenvalue weighted by atomic mass is 16.5. The lowest BCUT2D eigenvalue weighted by Gasteiger charge is -2.25. The molecule has 0 aromatic heterocycles. The largest absolute Gasteiger partial charge is 0.465 e. The maximum atomic E-state index is 11.5. The molecule has 1 unspecified atom stereocenters. The van der Waals surface area contributed by atoms with E-state index in [2.05, 4.69) is 11.9 Å². The van der Waals surface area contributed by atoms with Gasteiger partial charge in [0.15, 0.2) is 0 Å². The minimum Gasteiger partial charge on any atom is -0.465 e. The third kappa shape index (κ3) is 3.80. The summed E-state index contributed by atoms with van der Waals surface area (Å²) in [6, 6.07) is 0.711. The number of carbonyl (C=O) groups is 1. The molecule has 0 radical (unpaired) electrons. The Labute approximate surface area is 91.8 Å². The second kappa shape index (κ2) is 4.94. The van der Waals surface area contributed by atoms with Gasteiger partial charge in [0, 0.05) is 12.6 Å². The Morgan fingerprint density at radius 1 is 1.60 bits per heavy atom. The van der Waals surface area contributed by atoms with E-state index in [9.17, 15) is 4.79 Å². The SMILES string of the molecule is CCOC(=O)C(C)(N)CCN(C)C1CC1. The van der Waals surface area contributed by atoms with Gasteiger partial charge in [-0.25, -0.2) is 0 Å². The van der Waals surface area contributed by atoms with E-state index < -0.39 is 5.54 Å². The van der Waals surface area contributed by atoms with Crippen LogP contribution in [0.4, 0.5) is 0 Å². The van der Waals surface area contributed by atoms with E-state index in [1.54, 1.807) is 13.8 Å². The highest BCUT2D eigenvalue weighted by Gasteiger charge is 2.32. The fraction of sp³-hybridized carbons (Fsp3) is 0.909. The molecule has 0 amide bonds. The summed E-state index contributed by atoms with van der Waals surface area (Å²) in [5.41, 5.74) is 5.07. The monoisotopic (exact) mass is 214 g/mol. The molecule has 88 valence electrons. The van der Waals surface area contributed by atoms with E-state index in [4.69, 9.17) is 10.5 Å². The quantitative estimate of drug-likeness (QED) is 0.663. The molecular weight excluding hydrogens is 192 g/mol. The highest BCUT2D eigenvalue weighted by Crippen LogP contribution is 2.26. The zero-order chi connectivity index (χ0) is 11.5. The van der Waals surface area contributed by atoms with Crippen molar-refractivity contribution in [3.63, 3.8) is 0 Å². The number of esters is 1. The van der Waals surface area contributed by atoms with Gasteiger partial charge < -0.3 is 15.4 Å². The predicted octanol–water partition coefficient (Wildman–Crippen LogP) is 0.751. The molecule has 1 saturated carbocycles. The van der Waals surface area contributed by atoms with Crippen LogP contribution in [0, 0.1) is 0 Å². The van der Waals surface area contributed by atoms with Crippen LogP contribution in [-0.4, -0.2) is 42.6 Å². The molecule has 0 aliphatic heterocycles. The summed E-state index contributed by atoms with van der Waals surface area (Å²) < 4.78 is 4.93. The molecule has 1 fully saturated rings. The number of nitrogens with two attached hydrogens (primary N) is 1. The molecule has 4 heteroatoms. The molecule has 4 nitrogen and oxygen atoms in total. The normalized spacial score (nSPS) is 20.1. The van der Waals surface area contributed by atoms with Gasteiger partial charge in [0.05, 0.1) is 6.61 Å². The van der Waals surface area contributed by atoms with Crippen LogP contribution in [0.15, 0.2) is 0 Å². The van der Waals surface area contributed by atoms with Gasteiger partial charge in [-0.15, -0.1) is 0 Å². The van der Waals surface area contributed by atoms with Gasteiger partial charge in [-0.3, -0.25) is 4.79 Å². The summed E-state index contributed by atoms with van der Waals surface area (Å²) in [5.74, 6) is -0.297. The van der Waals surface area contributed by atoms with E-state index in [0.717, 1.165) is 6.54 Å². The number of hydrogen-bond acceptors (Lipinski definition) is 4. The Balaban J connectivity index is 2.30. The van der Waals surface area contributed by atoms with Crippen molar-refractivity contribution >= 4 is 5.97 Å². The van der Waals surface area contributed by atoms with Crippen LogP contribution in [0.5, 0.6) is 0 Å². The van der Waals surface area contributed by atoms with E-state index in [1.807, 2.05) is 0 Å². The van der Waals surface area contributed by atoms with E-state index >= 15 is 0 Å². The molecule has 1 atom stereocenters. The van der Waals surface area contributed by atoms with Gasteiger partial charge in [0.2, 0.25) is 0 Å². The molecule has 1 rings (SSSR count). The van der Waals surface area contributed by atoms with E-state index in [1.165, 1.54) is 12.8 Å². The number of nitrogens with zero attached hydrogens (tertiary/aromatic N) is 1. The predicted molar refractivity (Wildman–Crippen MR) is 59.5 cm³/mol. The molecule has 0 spiro atoms. The summed E-state index contributed by atoms with van der Waals surface area (Å²) in [5, 5.41) is 0. The van der Waals surface area contributed by atoms with Gasteiger partial charge >= 0.3 is 5.97 Å². The molecule has 0 saturated heterocycles. The van der Waals surface area contributed by atoms with Crippen LogP contribution in [0.1, 0.15) is 33.1 Å². The van der Waals surface area contributed by atoms with Gasteiger partial charge in [-0.1, -0.05) is 0 Å². The Kier molecular flexibility index (Phi) is 4.11. The van der Waals surface area contributed by atoms with Gasteiger partial charge in [0.25, 0.3) is 0 Å². The van der Waals surface area contributed by atoms with Crippen molar-refractivity contribution < 1.29 is 9.53 Å². The topological polar surface area (TPSA) is 55.6 Å². The molecule has 0 aromatic carbocycles. The highest BCUT2D eigenvalue weighted by molar-refractivity contribution is 5.79. The van der Waals surface area contributed by atoms with Gasteiger partial charge in [-0.2, -0.15) is 0 Å². The van der Waals surface area contributed by atoms with E-state index in [-0.39, 0.29) is 5.97 Å². The van der Waals surface area contributed by atoms with Gasteiger partial charge in [0.1, 0.15) is 5.54 Å². The third-order valence-corrected chi connectivity index (χ3v) is 2.90. The van der Waals surface area contributed by atoms with Crippen molar-refractivity contribution in [2.75, 3.05) is 20.2 Å². The smallest absolute Gasteiger partial charge is 0.325 e. The fourth-order valence-corrected chi connectivity index (χ4v) is 1.50. The number of ether oxygens (including phenoxy) is 1. The zero-order valence-corrected chi connectivity index (χ0v) is 9.95. The minimum atomic E-state index is -0.848. The minimum absolute atomic E-state index is 0.297. The maximum absolute atomic E-state index is 11.5. The summed E-state index contributed by atoms with van der Waals surface area (Å²) in [6.45, 7) is 4.79. The first-order valence-corrected chi connectivity index (χ1v) is 5.63. The van der Waals surface area contributed by atoms with Crippen LogP contribution in [0.25, 0.3) is 0 Å². The average molecular weight is 214 g/mol. The van der Waals surface area contributed by atoms with Crippen LogP contribution in [0.3, 0.4) is 0 Å². The number of rotatable bonds is 6. The Morgan fingerprint density at radius 2 is 2.20 bits per heavy atom.